The van der Waals surface area contributed by atoms with Gasteiger partial charge in [-0.2, -0.15) is 0 Å². The molecule has 0 aromatic heterocycles. The second-order valence-corrected chi connectivity index (χ2v) is 8.95. The van der Waals surface area contributed by atoms with Crippen LogP contribution in [-0.4, -0.2) is 60.2 Å². The first-order valence-corrected chi connectivity index (χ1v) is 11.4. The molecular weight excluding hydrogens is 432 g/mol. The van der Waals surface area contributed by atoms with Gasteiger partial charge in [-0.25, -0.2) is 0 Å². The maximum absolute atomic E-state index is 12.8. The zero-order valence-electron chi connectivity index (χ0n) is 20.0. The number of likely N-dealkylation sites (N-methyl/N-ethyl adjacent to an activating group) is 2. The van der Waals surface area contributed by atoms with Crippen molar-refractivity contribution in [2.45, 2.75) is 38.9 Å². The summed E-state index contributed by atoms with van der Waals surface area (Å²) < 4.78 is 0. The van der Waals surface area contributed by atoms with Crippen molar-refractivity contribution in [3.8, 4) is 0 Å². The Morgan fingerprint density at radius 1 is 0.735 bits per heavy atom. The Labute approximate surface area is 199 Å². The molecular formula is C26H30N4O4. The molecule has 2 unspecified atom stereocenters. The van der Waals surface area contributed by atoms with Gasteiger partial charge in [0.25, 0.3) is 11.8 Å². The molecule has 2 aromatic carbocycles. The second kappa shape index (κ2) is 10.1. The average molecular weight is 463 g/mol. The van der Waals surface area contributed by atoms with Crippen molar-refractivity contribution in [3.63, 3.8) is 0 Å². The molecule has 8 heteroatoms. The van der Waals surface area contributed by atoms with E-state index in [1.807, 2.05) is 62.4 Å². The summed E-state index contributed by atoms with van der Waals surface area (Å²) in [6.07, 6.45) is 0.351. The Hall–Kier alpha value is -3.68. The van der Waals surface area contributed by atoms with Gasteiger partial charge in [-0.05, 0) is 25.0 Å². The van der Waals surface area contributed by atoms with E-state index in [2.05, 4.69) is 10.3 Å². The third-order valence-corrected chi connectivity index (χ3v) is 6.19. The number of benzene rings is 2. The van der Waals surface area contributed by atoms with Gasteiger partial charge in [0, 0.05) is 40.0 Å². The third kappa shape index (κ3) is 5.27. The highest BCUT2D eigenvalue weighted by molar-refractivity contribution is 6.39. The first-order valence-electron chi connectivity index (χ1n) is 11.4. The van der Waals surface area contributed by atoms with Crippen LogP contribution < -0.4 is 0 Å². The van der Waals surface area contributed by atoms with E-state index < -0.39 is 0 Å². The summed E-state index contributed by atoms with van der Waals surface area (Å²) in [6, 6.07) is 16.0. The van der Waals surface area contributed by atoms with Gasteiger partial charge in [0.1, 0.15) is 11.4 Å². The number of amides is 2. The molecule has 8 nitrogen and oxygen atoms in total. The summed E-state index contributed by atoms with van der Waals surface area (Å²) in [5, 5.41) is 8.03. The SMILES string of the molecule is Cc1ccc(C2CC(C(=O)N(C)CCN(C)C(=O)C3=NOC(c4ccc(C)cc4)C3)=NO2)cc1. The molecule has 0 saturated carbocycles. The molecule has 0 aliphatic carbocycles. The van der Waals surface area contributed by atoms with E-state index in [1.54, 1.807) is 23.9 Å². The minimum Gasteiger partial charge on any atom is -0.387 e. The Balaban J connectivity index is 1.24. The zero-order chi connectivity index (χ0) is 24.2. The molecule has 0 bridgehead atoms. The number of hydrogen-bond donors (Lipinski definition) is 0. The van der Waals surface area contributed by atoms with E-state index in [9.17, 15) is 9.59 Å². The predicted octanol–water partition coefficient (Wildman–Crippen LogP) is 3.56. The molecule has 2 amide bonds. The molecule has 2 aliphatic heterocycles. The highest BCUT2D eigenvalue weighted by Crippen LogP contribution is 2.29. The molecule has 178 valence electrons. The van der Waals surface area contributed by atoms with Gasteiger partial charge in [0.15, 0.2) is 12.2 Å². The Bertz CT molecular complexity index is 1020. The largest absolute Gasteiger partial charge is 0.387 e. The fraction of sp³-hybridized carbons (Fsp3) is 0.385. The van der Waals surface area contributed by atoms with E-state index in [0.717, 1.165) is 22.3 Å². The summed E-state index contributed by atoms with van der Waals surface area (Å²) in [4.78, 5) is 39.7. The lowest BCUT2D eigenvalue weighted by Gasteiger charge is -2.22. The Kier molecular flexibility index (Phi) is 6.95. The number of nitrogens with zero attached hydrogens (tertiary/aromatic N) is 4. The van der Waals surface area contributed by atoms with Crippen molar-refractivity contribution in [2.24, 2.45) is 10.3 Å². The number of hydrogen-bond acceptors (Lipinski definition) is 6. The standard InChI is InChI=1S/C26H30N4O4/c1-17-5-9-19(10-6-17)23-15-21(27-33-23)25(31)29(3)13-14-30(4)26(32)22-16-24(34-28-22)20-11-7-18(2)8-12-20/h5-12,23-24H,13-16H2,1-4H3. The van der Waals surface area contributed by atoms with Crippen LogP contribution in [0.15, 0.2) is 58.8 Å². The predicted molar refractivity (Wildman–Crippen MR) is 129 cm³/mol. The van der Waals surface area contributed by atoms with Crippen LogP contribution in [0.5, 0.6) is 0 Å². The maximum Gasteiger partial charge on any atom is 0.271 e. The summed E-state index contributed by atoms with van der Waals surface area (Å²) >= 11 is 0. The normalized spacial score (nSPS) is 19.1. The average Bonchev–Trinajstić information content (AvgIpc) is 3.53. The van der Waals surface area contributed by atoms with E-state index in [4.69, 9.17) is 9.68 Å². The van der Waals surface area contributed by atoms with E-state index in [0.29, 0.717) is 37.4 Å². The second-order valence-electron chi connectivity index (χ2n) is 8.95. The van der Waals surface area contributed by atoms with E-state index in [1.165, 1.54) is 0 Å². The molecule has 34 heavy (non-hydrogen) atoms. The lowest BCUT2D eigenvalue weighted by molar-refractivity contribution is -0.126. The highest BCUT2D eigenvalue weighted by atomic mass is 16.6. The first-order chi connectivity index (χ1) is 16.3. The molecule has 2 aromatic rings. The highest BCUT2D eigenvalue weighted by Gasteiger charge is 2.31. The summed E-state index contributed by atoms with van der Waals surface area (Å²) in [7, 11) is 3.40. The van der Waals surface area contributed by atoms with Crippen LogP contribution in [0.4, 0.5) is 0 Å². The van der Waals surface area contributed by atoms with E-state index >= 15 is 0 Å². The quantitative estimate of drug-likeness (QED) is 0.630. The van der Waals surface area contributed by atoms with Gasteiger partial charge < -0.3 is 19.5 Å². The molecule has 0 saturated heterocycles. The van der Waals surface area contributed by atoms with Crippen molar-refractivity contribution < 1.29 is 19.3 Å². The Morgan fingerprint density at radius 2 is 1.09 bits per heavy atom. The molecule has 2 heterocycles. The number of aryl methyl sites for hydroxylation is 2. The van der Waals surface area contributed by atoms with Crippen molar-refractivity contribution in [2.75, 3.05) is 27.2 Å². The first kappa shape index (κ1) is 23.5. The molecule has 4 rings (SSSR count). The van der Waals surface area contributed by atoms with Crippen LogP contribution in [0, 0.1) is 13.8 Å². The lowest BCUT2D eigenvalue weighted by Crippen LogP contribution is -2.41. The smallest absolute Gasteiger partial charge is 0.271 e. The van der Waals surface area contributed by atoms with Crippen LogP contribution in [-0.2, 0) is 19.3 Å². The van der Waals surface area contributed by atoms with Gasteiger partial charge in [0.05, 0.1) is 0 Å². The zero-order valence-corrected chi connectivity index (χ0v) is 20.0. The minimum atomic E-state index is -0.251. The van der Waals surface area contributed by atoms with Crippen LogP contribution in [0.1, 0.15) is 47.3 Å². The van der Waals surface area contributed by atoms with Crippen molar-refractivity contribution >= 4 is 23.2 Å². The van der Waals surface area contributed by atoms with Crippen molar-refractivity contribution in [3.05, 3.63) is 70.8 Å². The van der Waals surface area contributed by atoms with Crippen LogP contribution in [0.3, 0.4) is 0 Å². The molecule has 0 N–H and O–H groups in total. The minimum absolute atomic E-state index is 0.198. The fourth-order valence-corrected chi connectivity index (χ4v) is 3.87. The van der Waals surface area contributed by atoms with Gasteiger partial charge >= 0.3 is 0 Å². The van der Waals surface area contributed by atoms with Crippen LogP contribution in [0.2, 0.25) is 0 Å². The maximum atomic E-state index is 12.8. The van der Waals surface area contributed by atoms with Gasteiger partial charge in [-0.1, -0.05) is 70.0 Å². The number of carbonyl (C=O) groups excluding carboxylic acids is 2. The third-order valence-electron chi connectivity index (χ3n) is 6.19. The Morgan fingerprint density at radius 3 is 1.44 bits per heavy atom. The van der Waals surface area contributed by atoms with Gasteiger partial charge in [0.2, 0.25) is 0 Å². The fourth-order valence-electron chi connectivity index (χ4n) is 3.87. The molecule has 2 atom stereocenters. The van der Waals surface area contributed by atoms with Gasteiger partial charge in [-0.3, -0.25) is 9.59 Å². The van der Waals surface area contributed by atoms with Crippen molar-refractivity contribution in [1.82, 2.24) is 9.80 Å². The number of carbonyl (C=O) groups is 2. The monoisotopic (exact) mass is 462 g/mol. The topological polar surface area (TPSA) is 83.8 Å². The molecule has 0 spiro atoms. The molecule has 0 radical (unpaired) electrons. The number of rotatable bonds is 7. The van der Waals surface area contributed by atoms with Crippen LogP contribution in [0.25, 0.3) is 0 Å². The lowest BCUT2D eigenvalue weighted by atomic mass is 10.0. The molecule has 2 aliphatic rings. The summed E-state index contributed by atoms with van der Waals surface area (Å²) in [5.74, 6) is -0.395. The van der Waals surface area contributed by atoms with E-state index in [-0.39, 0.29) is 24.0 Å². The van der Waals surface area contributed by atoms with Crippen molar-refractivity contribution in [1.29, 1.82) is 0 Å². The van der Waals surface area contributed by atoms with Crippen LogP contribution >= 0.6 is 0 Å². The molecule has 0 fully saturated rings. The van der Waals surface area contributed by atoms with Gasteiger partial charge in [-0.15, -0.1) is 0 Å². The number of oxime groups is 2. The summed E-state index contributed by atoms with van der Waals surface area (Å²) in [5.41, 5.74) is 5.09. The summed E-state index contributed by atoms with van der Waals surface area (Å²) in [6.45, 7) is 4.78.